The first kappa shape index (κ1) is 25.0. The van der Waals surface area contributed by atoms with Crippen molar-refractivity contribution < 1.29 is 72.3 Å². The highest BCUT2D eigenvalue weighted by Crippen LogP contribution is 2.42. The molecule has 0 saturated carbocycles. The van der Waals surface area contributed by atoms with Crippen LogP contribution in [0.25, 0.3) is 0 Å². The second-order valence-corrected chi connectivity index (χ2v) is 5.91. The van der Waals surface area contributed by atoms with Crippen molar-refractivity contribution in [1.29, 1.82) is 0 Å². The molecular weight excluding hydrogens is 432 g/mol. The zero-order valence-corrected chi connectivity index (χ0v) is 13.2. The van der Waals surface area contributed by atoms with E-state index in [0.717, 1.165) is 0 Å². The molecule has 0 amide bonds. The Kier molecular flexibility index (Phi) is 6.98. The van der Waals surface area contributed by atoms with Gasteiger partial charge in [-0.05, 0) is 0 Å². The summed E-state index contributed by atoms with van der Waals surface area (Å²) in [6.07, 6.45) is -8.88. The van der Waals surface area contributed by atoms with Crippen molar-refractivity contribution in [1.82, 2.24) is 0 Å². The molecule has 0 aromatic rings. The van der Waals surface area contributed by atoms with Gasteiger partial charge in [-0.15, -0.1) is 0 Å². The summed E-state index contributed by atoms with van der Waals surface area (Å²) in [5, 5.41) is 2.26. The van der Waals surface area contributed by atoms with Crippen molar-refractivity contribution in [3.05, 3.63) is 12.4 Å². The molecule has 0 bridgehead atoms. The molecule has 17 heteroatoms. The number of carboxylic acid groups (broad SMARTS) is 1. The molecule has 1 N–H and O–H groups in total. The van der Waals surface area contributed by atoms with Gasteiger partial charge >= 0.3 is 35.1 Å². The van der Waals surface area contributed by atoms with Gasteiger partial charge in [0, 0.05) is 6.42 Å². The minimum Gasteiger partial charge on any atom is -0.743 e. The fraction of sp³-hybridized carbons (Fsp3) is 0.600. The molecule has 0 aromatic heterocycles. The van der Waals surface area contributed by atoms with Crippen molar-refractivity contribution in [2.75, 3.05) is 6.61 Å². The number of carbonyl (C=O) groups excluding carboxylic acids is 1. The summed E-state index contributed by atoms with van der Waals surface area (Å²) < 4.78 is 140. The molecule has 0 aliphatic rings. The molecule has 0 spiro atoms. The highest BCUT2D eigenvalue weighted by atomic mass is 32.2. The van der Waals surface area contributed by atoms with Crippen LogP contribution in [0.2, 0.25) is 0 Å². The SMILES string of the molecule is C=C(F)C(=O)OC(OCCC(F)(F)C(F)(F)S(=O)(=O)[O-])(C(=O)O)C(F)(F)F. The van der Waals surface area contributed by atoms with Gasteiger partial charge in [0.25, 0.3) is 0 Å². The Morgan fingerprint density at radius 2 is 1.52 bits per heavy atom. The molecule has 0 aliphatic carbocycles. The molecule has 1 atom stereocenters. The van der Waals surface area contributed by atoms with Gasteiger partial charge in [-0.25, -0.2) is 18.0 Å². The van der Waals surface area contributed by atoms with Gasteiger partial charge in [-0.2, -0.15) is 35.1 Å². The van der Waals surface area contributed by atoms with Crippen molar-refractivity contribution in [2.45, 2.75) is 29.6 Å². The Hall–Kier alpha value is -2.01. The molecular formula is C10H7F8O8S-. The number of carbonyl (C=O) groups is 2. The van der Waals surface area contributed by atoms with Gasteiger partial charge in [0.05, 0.1) is 6.61 Å². The lowest BCUT2D eigenvalue weighted by Crippen LogP contribution is -2.58. The summed E-state index contributed by atoms with van der Waals surface area (Å²) in [5.41, 5.74) is 0. The van der Waals surface area contributed by atoms with Crippen molar-refractivity contribution in [2.24, 2.45) is 0 Å². The van der Waals surface area contributed by atoms with E-state index < -0.39 is 64.1 Å². The molecule has 0 fully saturated rings. The largest absolute Gasteiger partial charge is 0.743 e. The average molecular weight is 439 g/mol. The lowest BCUT2D eigenvalue weighted by atomic mass is 10.2. The first-order chi connectivity index (χ1) is 11.7. The van der Waals surface area contributed by atoms with E-state index in [1.165, 1.54) is 0 Å². The zero-order valence-electron chi connectivity index (χ0n) is 12.4. The predicted octanol–water partition coefficient (Wildman–Crippen LogP) is 1.54. The topological polar surface area (TPSA) is 130 Å². The van der Waals surface area contributed by atoms with Crippen LogP contribution in [0.3, 0.4) is 0 Å². The third-order valence-corrected chi connectivity index (χ3v) is 3.50. The average Bonchev–Trinajstić information content (AvgIpc) is 2.42. The van der Waals surface area contributed by atoms with Gasteiger partial charge < -0.3 is 19.1 Å². The van der Waals surface area contributed by atoms with E-state index in [0.29, 0.717) is 0 Å². The van der Waals surface area contributed by atoms with E-state index >= 15 is 0 Å². The van der Waals surface area contributed by atoms with Crippen LogP contribution in [-0.2, 0) is 29.2 Å². The third kappa shape index (κ3) is 5.04. The Bertz CT molecular complexity index is 715. The number of hydrogen-bond donors (Lipinski definition) is 1. The molecule has 0 saturated heterocycles. The van der Waals surface area contributed by atoms with Crippen LogP contribution < -0.4 is 0 Å². The Labute approximate surface area is 144 Å². The van der Waals surface area contributed by atoms with Gasteiger partial charge in [0.2, 0.25) is 5.83 Å². The summed E-state index contributed by atoms with van der Waals surface area (Å²) in [6, 6.07) is 0. The first-order valence-corrected chi connectivity index (χ1v) is 7.36. The molecule has 27 heavy (non-hydrogen) atoms. The standard InChI is InChI=1S/C10H8F8O8S/c1-4(11)5(19)26-8(6(20)21,9(14,15)16)25-3-2-7(12,13)10(17,18)27(22,23)24/h1-3H2,(H,20,21)(H,22,23,24)/p-1. The molecule has 1 unspecified atom stereocenters. The number of halogens is 8. The van der Waals surface area contributed by atoms with E-state index in [-0.39, 0.29) is 0 Å². The molecule has 0 aromatic carbocycles. The number of carboxylic acids is 1. The molecule has 0 aliphatic heterocycles. The van der Waals surface area contributed by atoms with E-state index in [1.807, 2.05) is 0 Å². The van der Waals surface area contributed by atoms with Gasteiger partial charge in [0.15, 0.2) is 10.1 Å². The maximum Gasteiger partial charge on any atom is 0.468 e. The summed E-state index contributed by atoms with van der Waals surface area (Å²) in [4.78, 5) is 21.6. The van der Waals surface area contributed by atoms with Crippen LogP contribution in [0.4, 0.5) is 35.1 Å². The van der Waals surface area contributed by atoms with Crippen LogP contribution >= 0.6 is 0 Å². The molecule has 0 rings (SSSR count). The number of rotatable bonds is 9. The van der Waals surface area contributed by atoms with Crippen LogP contribution in [0, 0.1) is 0 Å². The summed E-state index contributed by atoms with van der Waals surface area (Å²) in [6.45, 7) is -0.142. The van der Waals surface area contributed by atoms with E-state index in [2.05, 4.69) is 16.1 Å². The minimum absolute atomic E-state index is 2.18. The number of esters is 1. The van der Waals surface area contributed by atoms with Crippen molar-refractivity contribution in [3.8, 4) is 0 Å². The zero-order chi connectivity index (χ0) is 22.1. The van der Waals surface area contributed by atoms with Crippen LogP contribution in [0.15, 0.2) is 12.4 Å². The van der Waals surface area contributed by atoms with Crippen LogP contribution in [0.1, 0.15) is 6.42 Å². The normalized spacial score (nSPS) is 15.7. The lowest BCUT2D eigenvalue weighted by Gasteiger charge is -2.32. The van der Waals surface area contributed by atoms with E-state index in [1.54, 1.807) is 0 Å². The molecule has 0 radical (unpaired) electrons. The second kappa shape index (κ2) is 7.55. The fourth-order valence-corrected chi connectivity index (χ4v) is 1.70. The maximum absolute atomic E-state index is 13.1. The van der Waals surface area contributed by atoms with Crippen molar-refractivity contribution in [3.63, 3.8) is 0 Å². The maximum atomic E-state index is 13.1. The number of ether oxygens (including phenoxy) is 2. The Morgan fingerprint density at radius 1 is 1.07 bits per heavy atom. The van der Waals surface area contributed by atoms with Crippen molar-refractivity contribution >= 4 is 22.1 Å². The van der Waals surface area contributed by atoms with Gasteiger partial charge in [0.1, 0.15) is 0 Å². The summed E-state index contributed by atoms with van der Waals surface area (Å²) >= 11 is 0. The quantitative estimate of drug-likeness (QED) is 0.188. The third-order valence-electron chi connectivity index (χ3n) is 2.57. The summed E-state index contributed by atoms with van der Waals surface area (Å²) in [7, 11) is -6.97. The van der Waals surface area contributed by atoms with E-state index in [4.69, 9.17) is 5.11 Å². The molecule has 158 valence electrons. The molecule has 8 nitrogen and oxygen atoms in total. The van der Waals surface area contributed by atoms with Gasteiger partial charge in [-0.3, -0.25) is 0 Å². The smallest absolute Gasteiger partial charge is 0.468 e. The summed E-state index contributed by atoms with van der Waals surface area (Å²) in [5.74, 6) is -19.1. The highest BCUT2D eigenvalue weighted by molar-refractivity contribution is 7.86. The highest BCUT2D eigenvalue weighted by Gasteiger charge is 2.68. The van der Waals surface area contributed by atoms with Gasteiger partial charge in [-0.1, -0.05) is 6.58 Å². The monoisotopic (exact) mass is 439 g/mol. The first-order valence-electron chi connectivity index (χ1n) is 5.96. The predicted molar refractivity (Wildman–Crippen MR) is 62.9 cm³/mol. The fourth-order valence-electron chi connectivity index (χ4n) is 1.23. The van der Waals surface area contributed by atoms with Crippen LogP contribution in [0.5, 0.6) is 0 Å². The number of hydrogen-bond acceptors (Lipinski definition) is 7. The minimum atomic E-state index is -6.97. The van der Waals surface area contributed by atoms with Crippen LogP contribution in [-0.4, -0.2) is 59.8 Å². The number of aliphatic carboxylic acids is 1. The lowest BCUT2D eigenvalue weighted by molar-refractivity contribution is -0.355. The Balaban J connectivity index is 5.71. The van der Waals surface area contributed by atoms with E-state index in [9.17, 15) is 57.7 Å². The number of alkyl halides is 7. The second-order valence-electron chi connectivity index (χ2n) is 4.49. The Morgan fingerprint density at radius 3 is 1.81 bits per heavy atom. The molecule has 0 heterocycles.